The summed E-state index contributed by atoms with van der Waals surface area (Å²) >= 11 is 0. The van der Waals surface area contributed by atoms with Crippen LogP contribution >= 0.6 is 0 Å². The van der Waals surface area contributed by atoms with Gasteiger partial charge in [-0.1, -0.05) is 72.5 Å². The fourth-order valence-electron chi connectivity index (χ4n) is 3.48. The van der Waals surface area contributed by atoms with Crippen LogP contribution in [0.15, 0.2) is 106 Å². The SMILES string of the molecule is O=c1c2ccccc2oc2c(-c3ccccc3)cc(C#Cc3ccccc3)cc12. The van der Waals surface area contributed by atoms with Crippen LogP contribution in [0, 0.1) is 11.8 Å². The first-order valence-electron chi connectivity index (χ1n) is 9.42. The lowest BCUT2D eigenvalue weighted by molar-refractivity contribution is 0.661. The lowest BCUT2D eigenvalue weighted by Crippen LogP contribution is -2.03. The van der Waals surface area contributed by atoms with E-state index in [2.05, 4.69) is 11.8 Å². The number of hydrogen-bond donors (Lipinski definition) is 0. The zero-order chi connectivity index (χ0) is 19.6. The number of hydrogen-bond acceptors (Lipinski definition) is 2. The average molecular weight is 372 g/mol. The van der Waals surface area contributed by atoms with Crippen LogP contribution in [-0.2, 0) is 0 Å². The van der Waals surface area contributed by atoms with Crippen LogP contribution in [0.4, 0.5) is 0 Å². The first kappa shape index (κ1) is 17.0. The van der Waals surface area contributed by atoms with Crippen molar-refractivity contribution in [2.45, 2.75) is 0 Å². The Morgan fingerprint density at radius 3 is 2.07 bits per heavy atom. The van der Waals surface area contributed by atoms with Crippen molar-refractivity contribution in [3.05, 3.63) is 118 Å². The highest BCUT2D eigenvalue weighted by Gasteiger charge is 2.13. The molecule has 0 atom stereocenters. The fourth-order valence-corrected chi connectivity index (χ4v) is 3.48. The second kappa shape index (κ2) is 7.14. The van der Waals surface area contributed by atoms with Crippen LogP contribution in [0.25, 0.3) is 33.1 Å². The van der Waals surface area contributed by atoms with Gasteiger partial charge in [0, 0.05) is 16.7 Å². The molecular formula is C27H16O2. The molecule has 0 radical (unpaired) electrons. The molecule has 0 unspecified atom stereocenters. The molecule has 0 N–H and O–H groups in total. The normalized spacial score (nSPS) is 10.6. The van der Waals surface area contributed by atoms with Gasteiger partial charge < -0.3 is 4.42 Å². The van der Waals surface area contributed by atoms with Gasteiger partial charge in [-0.3, -0.25) is 4.79 Å². The molecule has 0 aliphatic heterocycles. The predicted octanol–water partition coefficient (Wildman–Crippen LogP) is 6.01. The minimum absolute atomic E-state index is 0.0395. The van der Waals surface area contributed by atoms with Gasteiger partial charge in [0.2, 0.25) is 5.43 Å². The maximum atomic E-state index is 13.2. The highest BCUT2D eigenvalue weighted by molar-refractivity contribution is 5.98. The van der Waals surface area contributed by atoms with Gasteiger partial charge >= 0.3 is 0 Å². The molecule has 5 rings (SSSR count). The van der Waals surface area contributed by atoms with Crippen LogP contribution in [0.3, 0.4) is 0 Å². The molecule has 1 heterocycles. The minimum atomic E-state index is -0.0395. The van der Waals surface area contributed by atoms with Crippen LogP contribution < -0.4 is 5.43 Å². The predicted molar refractivity (Wildman–Crippen MR) is 118 cm³/mol. The molecule has 29 heavy (non-hydrogen) atoms. The molecule has 0 bridgehead atoms. The van der Waals surface area contributed by atoms with Gasteiger partial charge in [-0.15, -0.1) is 0 Å². The number of fused-ring (bicyclic) bond motifs is 2. The topological polar surface area (TPSA) is 30.2 Å². The molecule has 5 aromatic rings. The highest BCUT2D eigenvalue weighted by Crippen LogP contribution is 2.31. The van der Waals surface area contributed by atoms with Gasteiger partial charge in [-0.25, -0.2) is 0 Å². The fraction of sp³-hybridized carbons (Fsp3) is 0. The van der Waals surface area contributed by atoms with Crippen molar-refractivity contribution in [1.29, 1.82) is 0 Å². The maximum absolute atomic E-state index is 13.2. The van der Waals surface area contributed by atoms with E-state index in [1.165, 1.54) is 0 Å². The molecule has 0 saturated carbocycles. The minimum Gasteiger partial charge on any atom is -0.455 e. The summed E-state index contributed by atoms with van der Waals surface area (Å²) in [4.78, 5) is 13.2. The summed E-state index contributed by atoms with van der Waals surface area (Å²) in [6.07, 6.45) is 0. The summed E-state index contributed by atoms with van der Waals surface area (Å²) in [5.41, 5.74) is 4.70. The van der Waals surface area contributed by atoms with E-state index in [9.17, 15) is 4.79 Å². The van der Waals surface area contributed by atoms with Crippen molar-refractivity contribution < 1.29 is 4.42 Å². The molecule has 136 valence electrons. The third-order valence-corrected chi connectivity index (χ3v) is 4.89. The smallest absolute Gasteiger partial charge is 0.200 e. The Balaban J connectivity index is 1.82. The summed E-state index contributed by atoms with van der Waals surface area (Å²) in [7, 11) is 0. The van der Waals surface area contributed by atoms with E-state index in [0.29, 0.717) is 21.9 Å². The van der Waals surface area contributed by atoms with E-state index >= 15 is 0 Å². The van der Waals surface area contributed by atoms with Gasteiger partial charge in [-0.05, 0) is 42.0 Å². The van der Waals surface area contributed by atoms with E-state index in [1.807, 2.05) is 91.0 Å². The summed E-state index contributed by atoms with van der Waals surface area (Å²) < 4.78 is 6.18. The zero-order valence-corrected chi connectivity index (χ0v) is 15.6. The molecule has 4 aromatic carbocycles. The Hall–Kier alpha value is -4.09. The van der Waals surface area contributed by atoms with Gasteiger partial charge in [0.1, 0.15) is 11.2 Å². The van der Waals surface area contributed by atoms with E-state index < -0.39 is 0 Å². The maximum Gasteiger partial charge on any atom is 0.200 e. The Bertz CT molecular complexity index is 1450. The molecule has 0 aliphatic carbocycles. The van der Waals surface area contributed by atoms with Crippen molar-refractivity contribution in [2.75, 3.05) is 0 Å². The zero-order valence-electron chi connectivity index (χ0n) is 15.6. The Labute approximate surface area is 168 Å². The van der Waals surface area contributed by atoms with Gasteiger partial charge in [0.15, 0.2) is 0 Å². The molecule has 0 amide bonds. The van der Waals surface area contributed by atoms with Crippen molar-refractivity contribution >= 4 is 21.9 Å². The van der Waals surface area contributed by atoms with Crippen molar-refractivity contribution in [1.82, 2.24) is 0 Å². The summed E-state index contributed by atoms with van der Waals surface area (Å²) in [6, 6.07) is 30.9. The number of para-hydroxylation sites is 1. The quantitative estimate of drug-likeness (QED) is 0.266. The third kappa shape index (κ3) is 3.20. The first-order chi connectivity index (χ1) is 14.3. The molecule has 1 aromatic heterocycles. The lowest BCUT2D eigenvalue weighted by atomic mass is 9.98. The van der Waals surface area contributed by atoms with Crippen molar-refractivity contribution in [3.8, 4) is 23.0 Å². The highest BCUT2D eigenvalue weighted by atomic mass is 16.3. The van der Waals surface area contributed by atoms with Crippen LogP contribution in [0.2, 0.25) is 0 Å². The lowest BCUT2D eigenvalue weighted by Gasteiger charge is -2.08. The summed E-state index contributed by atoms with van der Waals surface area (Å²) in [6.45, 7) is 0. The van der Waals surface area contributed by atoms with Crippen LogP contribution in [-0.4, -0.2) is 0 Å². The molecule has 2 nitrogen and oxygen atoms in total. The van der Waals surface area contributed by atoms with Crippen molar-refractivity contribution in [2.24, 2.45) is 0 Å². The standard InChI is InChI=1S/C27H16O2/c28-26-22-13-7-8-14-25(22)29-27-23(21-11-5-2-6-12-21)17-20(18-24(26)27)16-15-19-9-3-1-4-10-19/h1-14,17-18H. The van der Waals surface area contributed by atoms with E-state index in [1.54, 1.807) is 6.07 Å². The Kier molecular flexibility index (Phi) is 4.20. The average Bonchev–Trinajstić information content (AvgIpc) is 2.79. The third-order valence-electron chi connectivity index (χ3n) is 4.89. The molecule has 0 saturated heterocycles. The van der Waals surface area contributed by atoms with E-state index in [0.717, 1.165) is 22.3 Å². The van der Waals surface area contributed by atoms with E-state index in [4.69, 9.17) is 4.42 Å². The Morgan fingerprint density at radius 2 is 1.28 bits per heavy atom. The molecule has 2 heteroatoms. The number of benzene rings is 4. The second-order valence-corrected chi connectivity index (χ2v) is 6.81. The summed E-state index contributed by atoms with van der Waals surface area (Å²) in [5.74, 6) is 6.39. The largest absolute Gasteiger partial charge is 0.455 e. The molecule has 0 spiro atoms. The second-order valence-electron chi connectivity index (χ2n) is 6.81. The van der Waals surface area contributed by atoms with E-state index in [-0.39, 0.29) is 5.43 Å². The molecular weight excluding hydrogens is 356 g/mol. The van der Waals surface area contributed by atoms with Crippen LogP contribution in [0.5, 0.6) is 0 Å². The first-order valence-corrected chi connectivity index (χ1v) is 9.42. The number of rotatable bonds is 1. The molecule has 0 fully saturated rings. The monoisotopic (exact) mass is 372 g/mol. The van der Waals surface area contributed by atoms with Gasteiger partial charge in [0.25, 0.3) is 0 Å². The van der Waals surface area contributed by atoms with Crippen molar-refractivity contribution in [3.63, 3.8) is 0 Å². The van der Waals surface area contributed by atoms with Gasteiger partial charge in [0.05, 0.1) is 10.8 Å². The summed E-state index contributed by atoms with van der Waals surface area (Å²) in [5, 5.41) is 1.12. The Morgan fingerprint density at radius 1 is 0.621 bits per heavy atom. The van der Waals surface area contributed by atoms with Crippen LogP contribution in [0.1, 0.15) is 11.1 Å². The molecule has 0 aliphatic rings. The van der Waals surface area contributed by atoms with Gasteiger partial charge in [-0.2, -0.15) is 0 Å².